The third-order valence-corrected chi connectivity index (χ3v) is 5.60. The zero-order valence-electron chi connectivity index (χ0n) is 16.1. The van der Waals surface area contributed by atoms with E-state index in [2.05, 4.69) is 15.4 Å². The highest BCUT2D eigenvalue weighted by molar-refractivity contribution is 7.16. The van der Waals surface area contributed by atoms with Gasteiger partial charge in [0.2, 0.25) is 0 Å². The highest BCUT2D eigenvalue weighted by Crippen LogP contribution is 2.21. The number of aromatic nitrogens is 4. The second kappa shape index (κ2) is 8.42. The van der Waals surface area contributed by atoms with Crippen LogP contribution in [0.3, 0.4) is 0 Å². The fourth-order valence-corrected chi connectivity index (χ4v) is 3.86. The first-order chi connectivity index (χ1) is 14.5. The molecule has 0 bridgehead atoms. The average Bonchev–Trinajstić information content (AvgIpc) is 3.40. The van der Waals surface area contributed by atoms with Gasteiger partial charge in [-0.25, -0.2) is 14.1 Å². The normalized spacial score (nSPS) is 10.9. The molecule has 1 amide bonds. The highest BCUT2D eigenvalue weighted by Gasteiger charge is 2.16. The minimum Gasteiger partial charge on any atom is -0.349 e. The van der Waals surface area contributed by atoms with E-state index in [1.807, 2.05) is 29.1 Å². The fourth-order valence-electron chi connectivity index (χ4n) is 2.90. The minimum absolute atomic E-state index is 0.210. The van der Waals surface area contributed by atoms with E-state index in [1.165, 1.54) is 34.2 Å². The van der Waals surface area contributed by atoms with Crippen LogP contribution in [0.1, 0.15) is 15.4 Å². The van der Waals surface area contributed by atoms with E-state index in [9.17, 15) is 14.0 Å². The molecule has 3 heterocycles. The van der Waals surface area contributed by atoms with Crippen LogP contribution >= 0.6 is 11.3 Å². The average molecular weight is 423 g/mol. The summed E-state index contributed by atoms with van der Waals surface area (Å²) < 4.78 is 16.2. The van der Waals surface area contributed by atoms with Gasteiger partial charge in [0.05, 0.1) is 17.9 Å². The molecule has 0 saturated carbocycles. The maximum Gasteiger partial charge on any atom is 0.266 e. The first kappa shape index (κ1) is 19.7. The Morgan fingerprint density at radius 2 is 1.87 bits per heavy atom. The molecule has 30 heavy (non-hydrogen) atoms. The lowest BCUT2D eigenvalue weighted by molar-refractivity contribution is 0.0955. The Labute approximate surface area is 175 Å². The predicted octanol–water partition coefficient (Wildman–Crippen LogP) is 3.04. The fraction of sp³-hybridized carbons (Fsp3) is 0.143. The number of rotatable bonds is 6. The number of nitrogens with zero attached hydrogens (tertiary/aromatic N) is 4. The Morgan fingerprint density at radius 1 is 1.13 bits per heavy atom. The third kappa shape index (κ3) is 4.20. The van der Waals surface area contributed by atoms with Crippen LogP contribution in [0, 0.1) is 12.7 Å². The molecule has 3 aromatic heterocycles. The van der Waals surface area contributed by atoms with Gasteiger partial charge < -0.3 is 9.88 Å². The van der Waals surface area contributed by atoms with Gasteiger partial charge in [0.1, 0.15) is 10.7 Å². The Bertz CT molecular complexity index is 1230. The van der Waals surface area contributed by atoms with Crippen LogP contribution in [0.25, 0.3) is 16.4 Å². The van der Waals surface area contributed by atoms with E-state index in [4.69, 9.17) is 0 Å². The first-order valence-electron chi connectivity index (χ1n) is 9.24. The number of benzene rings is 1. The van der Waals surface area contributed by atoms with Gasteiger partial charge in [-0.15, -0.1) is 0 Å². The second-order valence-electron chi connectivity index (χ2n) is 6.54. The number of nitrogens with one attached hydrogen (secondary N) is 1. The van der Waals surface area contributed by atoms with E-state index in [1.54, 1.807) is 25.1 Å². The van der Waals surface area contributed by atoms with Crippen LogP contribution in [0.4, 0.5) is 4.39 Å². The van der Waals surface area contributed by atoms with Crippen molar-refractivity contribution in [2.24, 2.45) is 0 Å². The molecule has 4 aromatic rings. The maximum atomic E-state index is 13.1. The lowest BCUT2D eigenvalue weighted by Crippen LogP contribution is -2.31. The van der Waals surface area contributed by atoms with Crippen molar-refractivity contribution in [3.05, 3.63) is 87.7 Å². The zero-order chi connectivity index (χ0) is 21.1. The lowest BCUT2D eigenvalue weighted by atomic mass is 10.1. The molecule has 7 nitrogen and oxygen atoms in total. The molecule has 0 saturated heterocycles. The maximum absolute atomic E-state index is 13.1. The van der Waals surface area contributed by atoms with E-state index >= 15 is 0 Å². The Hall–Kier alpha value is -3.59. The van der Waals surface area contributed by atoms with Gasteiger partial charge in [-0.3, -0.25) is 9.59 Å². The SMILES string of the molecule is Cc1nc(-n2cccc2)sc1C(=O)NCCn1nc(-c2ccc(F)cc2)ccc1=O. The van der Waals surface area contributed by atoms with Crippen molar-refractivity contribution in [2.75, 3.05) is 6.54 Å². The molecule has 0 radical (unpaired) electrons. The third-order valence-electron chi connectivity index (χ3n) is 4.43. The number of carbonyl (C=O) groups excluding carboxylic acids is 1. The Morgan fingerprint density at radius 3 is 2.60 bits per heavy atom. The van der Waals surface area contributed by atoms with Gasteiger partial charge in [-0.05, 0) is 49.4 Å². The molecule has 4 rings (SSSR count). The molecule has 0 spiro atoms. The van der Waals surface area contributed by atoms with Gasteiger partial charge in [0.25, 0.3) is 11.5 Å². The van der Waals surface area contributed by atoms with Crippen molar-refractivity contribution in [3.63, 3.8) is 0 Å². The van der Waals surface area contributed by atoms with E-state index < -0.39 is 0 Å². The molecule has 1 aromatic carbocycles. The van der Waals surface area contributed by atoms with Crippen molar-refractivity contribution >= 4 is 17.2 Å². The second-order valence-corrected chi connectivity index (χ2v) is 7.52. The van der Waals surface area contributed by atoms with Crippen LogP contribution in [-0.2, 0) is 6.54 Å². The largest absolute Gasteiger partial charge is 0.349 e. The molecule has 0 fully saturated rings. The van der Waals surface area contributed by atoms with Crippen LogP contribution in [-0.4, -0.2) is 31.8 Å². The van der Waals surface area contributed by atoms with Crippen LogP contribution in [0.2, 0.25) is 0 Å². The summed E-state index contributed by atoms with van der Waals surface area (Å²) in [7, 11) is 0. The molecule has 0 atom stereocenters. The predicted molar refractivity (Wildman–Crippen MR) is 112 cm³/mol. The molecule has 0 unspecified atom stereocenters. The quantitative estimate of drug-likeness (QED) is 0.517. The number of carbonyl (C=O) groups is 1. The van der Waals surface area contributed by atoms with Gasteiger partial charge in [0.15, 0.2) is 5.13 Å². The summed E-state index contributed by atoms with van der Waals surface area (Å²) in [5.74, 6) is -0.584. The summed E-state index contributed by atoms with van der Waals surface area (Å²) in [6.07, 6.45) is 3.73. The lowest BCUT2D eigenvalue weighted by Gasteiger charge is -2.08. The monoisotopic (exact) mass is 423 g/mol. The zero-order valence-corrected chi connectivity index (χ0v) is 16.9. The highest BCUT2D eigenvalue weighted by atomic mass is 32.1. The molecule has 1 N–H and O–H groups in total. The van der Waals surface area contributed by atoms with Gasteiger partial charge in [0, 0.05) is 30.6 Å². The van der Waals surface area contributed by atoms with Gasteiger partial charge in [-0.1, -0.05) is 11.3 Å². The summed E-state index contributed by atoms with van der Waals surface area (Å²) in [6.45, 7) is 2.23. The number of halogens is 1. The van der Waals surface area contributed by atoms with E-state index in [-0.39, 0.29) is 30.4 Å². The molecule has 0 aliphatic carbocycles. The van der Waals surface area contributed by atoms with Crippen LogP contribution < -0.4 is 10.9 Å². The molecular formula is C21H18FN5O2S. The minimum atomic E-state index is -0.340. The van der Waals surface area contributed by atoms with Crippen molar-refractivity contribution in [1.29, 1.82) is 0 Å². The standard InChI is InChI=1S/C21H18FN5O2S/c1-14-19(30-21(24-14)26-11-2-3-12-26)20(29)23-10-13-27-18(28)9-8-17(25-27)15-4-6-16(22)7-5-15/h2-9,11-12H,10,13H2,1H3,(H,23,29). The van der Waals surface area contributed by atoms with Gasteiger partial charge in [-0.2, -0.15) is 5.10 Å². The number of hydrogen-bond donors (Lipinski definition) is 1. The molecule has 9 heteroatoms. The first-order valence-corrected chi connectivity index (χ1v) is 10.1. The van der Waals surface area contributed by atoms with E-state index in [0.29, 0.717) is 27.0 Å². The van der Waals surface area contributed by atoms with Crippen LogP contribution in [0.15, 0.2) is 65.7 Å². The summed E-state index contributed by atoms with van der Waals surface area (Å²) >= 11 is 1.30. The summed E-state index contributed by atoms with van der Waals surface area (Å²) in [5, 5.41) is 7.84. The van der Waals surface area contributed by atoms with Crippen molar-refractivity contribution in [2.45, 2.75) is 13.5 Å². The summed E-state index contributed by atoms with van der Waals surface area (Å²) in [5.41, 5.74) is 1.62. The van der Waals surface area contributed by atoms with E-state index in [0.717, 1.165) is 0 Å². The number of thiazole rings is 1. The Balaban J connectivity index is 1.43. The number of amides is 1. The Kier molecular flexibility index (Phi) is 5.53. The smallest absolute Gasteiger partial charge is 0.266 e. The van der Waals surface area contributed by atoms with Gasteiger partial charge >= 0.3 is 0 Å². The number of aryl methyl sites for hydroxylation is 1. The number of hydrogen-bond acceptors (Lipinski definition) is 5. The summed E-state index contributed by atoms with van der Waals surface area (Å²) in [6, 6.07) is 12.7. The molecular weight excluding hydrogens is 405 g/mol. The van der Waals surface area contributed by atoms with Crippen molar-refractivity contribution < 1.29 is 9.18 Å². The molecule has 152 valence electrons. The topological polar surface area (TPSA) is 81.8 Å². The molecule has 0 aliphatic heterocycles. The van der Waals surface area contributed by atoms with Crippen LogP contribution in [0.5, 0.6) is 0 Å². The summed E-state index contributed by atoms with van der Waals surface area (Å²) in [4.78, 5) is 29.6. The molecule has 0 aliphatic rings. The van der Waals surface area contributed by atoms with Crippen molar-refractivity contribution in [3.8, 4) is 16.4 Å². The van der Waals surface area contributed by atoms with Crippen molar-refractivity contribution in [1.82, 2.24) is 24.6 Å².